The molecule has 0 unspecified atom stereocenters. The van der Waals surface area contributed by atoms with E-state index in [-0.39, 0.29) is 5.91 Å². The van der Waals surface area contributed by atoms with Crippen LogP contribution in [-0.4, -0.2) is 55.3 Å². The molecule has 36 heavy (non-hydrogen) atoms. The van der Waals surface area contributed by atoms with E-state index in [1.54, 1.807) is 47.4 Å². The lowest BCUT2D eigenvalue weighted by atomic mass is 10.1. The number of aromatic nitrogens is 5. The number of carbonyl (C=O) groups excluding carboxylic acids is 1. The topological polar surface area (TPSA) is 101 Å². The van der Waals surface area contributed by atoms with Crippen molar-refractivity contribution in [2.45, 2.75) is 6.42 Å². The fraction of sp³-hybridized carbons (Fsp3) is 0.111. The second-order valence-corrected chi connectivity index (χ2v) is 8.14. The molecule has 0 radical (unpaired) electrons. The number of para-hydroxylation sites is 1. The summed E-state index contributed by atoms with van der Waals surface area (Å²) in [7, 11) is 1.80. The highest BCUT2D eigenvalue weighted by molar-refractivity contribution is 5.95. The summed E-state index contributed by atoms with van der Waals surface area (Å²) in [5.41, 5.74) is 7.00. The first-order chi connectivity index (χ1) is 17.7. The van der Waals surface area contributed by atoms with Gasteiger partial charge in [-0.05, 0) is 42.0 Å². The second kappa shape index (κ2) is 10.6. The Morgan fingerprint density at radius 1 is 1.00 bits per heavy atom. The molecule has 0 fully saturated rings. The van der Waals surface area contributed by atoms with Crippen LogP contribution in [0, 0.1) is 0 Å². The van der Waals surface area contributed by atoms with Gasteiger partial charge in [0, 0.05) is 37.5 Å². The van der Waals surface area contributed by atoms with Crippen LogP contribution in [0.1, 0.15) is 21.6 Å². The third-order valence-electron chi connectivity index (χ3n) is 5.68. The lowest BCUT2D eigenvalue weighted by Crippen LogP contribution is -2.29. The molecule has 0 saturated carbocycles. The fourth-order valence-corrected chi connectivity index (χ4v) is 3.72. The van der Waals surface area contributed by atoms with Crippen LogP contribution in [0.5, 0.6) is 0 Å². The average Bonchev–Trinajstić information content (AvgIpc) is 3.38. The highest BCUT2D eigenvalue weighted by atomic mass is 16.2. The molecule has 9 nitrogen and oxygen atoms in total. The molecular formula is C27H24N8O. The van der Waals surface area contributed by atoms with E-state index in [4.69, 9.17) is 0 Å². The Labute approximate surface area is 208 Å². The molecule has 0 bridgehead atoms. The van der Waals surface area contributed by atoms with Gasteiger partial charge in [0.2, 0.25) is 0 Å². The van der Waals surface area contributed by atoms with Gasteiger partial charge in [0.15, 0.2) is 11.5 Å². The van der Waals surface area contributed by atoms with Crippen molar-refractivity contribution in [2.24, 2.45) is 5.10 Å². The normalized spacial score (nSPS) is 11.1. The van der Waals surface area contributed by atoms with E-state index < -0.39 is 0 Å². The molecule has 3 heterocycles. The summed E-state index contributed by atoms with van der Waals surface area (Å²) in [6.07, 6.45) is 7.34. The van der Waals surface area contributed by atoms with Crippen molar-refractivity contribution < 1.29 is 4.79 Å². The summed E-state index contributed by atoms with van der Waals surface area (Å²) in [4.78, 5) is 27.4. The molecule has 0 saturated heterocycles. The van der Waals surface area contributed by atoms with Crippen molar-refractivity contribution >= 4 is 29.0 Å². The minimum Gasteiger partial charge on any atom is -0.341 e. The lowest BCUT2D eigenvalue weighted by molar-refractivity contribution is 0.0796. The number of pyridine rings is 1. The number of nitrogens with zero attached hydrogens (tertiary/aromatic N) is 7. The van der Waals surface area contributed by atoms with Gasteiger partial charge in [-0.2, -0.15) is 10.2 Å². The number of amides is 1. The highest BCUT2D eigenvalue weighted by Crippen LogP contribution is 2.21. The number of fused-ring (bicyclic) bond motifs is 1. The van der Waals surface area contributed by atoms with E-state index in [0.717, 1.165) is 22.3 Å². The monoisotopic (exact) mass is 476 g/mol. The molecule has 0 aliphatic rings. The Balaban J connectivity index is 1.22. The molecule has 2 aromatic carbocycles. The number of carbonyl (C=O) groups is 1. The van der Waals surface area contributed by atoms with Crippen LogP contribution in [0.25, 0.3) is 16.7 Å². The Morgan fingerprint density at radius 3 is 2.58 bits per heavy atom. The molecule has 5 aromatic rings. The summed E-state index contributed by atoms with van der Waals surface area (Å²) < 4.78 is 1.76. The summed E-state index contributed by atoms with van der Waals surface area (Å²) in [6.45, 7) is 0.594. The van der Waals surface area contributed by atoms with Crippen molar-refractivity contribution in [2.75, 3.05) is 19.0 Å². The van der Waals surface area contributed by atoms with Gasteiger partial charge in [0.1, 0.15) is 6.33 Å². The van der Waals surface area contributed by atoms with Gasteiger partial charge < -0.3 is 4.90 Å². The zero-order valence-electron chi connectivity index (χ0n) is 19.7. The Morgan fingerprint density at radius 2 is 1.81 bits per heavy atom. The molecule has 3 aromatic heterocycles. The van der Waals surface area contributed by atoms with E-state index in [1.165, 1.54) is 6.33 Å². The first-order valence-electron chi connectivity index (χ1n) is 11.5. The maximum atomic E-state index is 12.7. The zero-order valence-corrected chi connectivity index (χ0v) is 19.7. The third kappa shape index (κ3) is 5.10. The van der Waals surface area contributed by atoms with Gasteiger partial charge in [0.25, 0.3) is 5.91 Å². The predicted octanol–water partition coefficient (Wildman–Crippen LogP) is 3.97. The maximum absolute atomic E-state index is 12.7. The minimum absolute atomic E-state index is 0.0358. The van der Waals surface area contributed by atoms with Crippen LogP contribution < -0.4 is 5.43 Å². The maximum Gasteiger partial charge on any atom is 0.253 e. The number of hydrazone groups is 1. The first-order valence-corrected chi connectivity index (χ1v) is 11.5. The van der Waals surface area contributed by atoms with E-state index >= 15 is 0 Å². The SMILES string of the molecule is CN(CCc1ccccn1)C(=O)c1ccc(C=NNc2ncnc3c2cnn3-c2ccccc2)cc1. The molecule has 0 aliphatic heterocycles. The third-order valence-corrected chi connectivity index (χ3v) is 5.68. The molecule has 178 valence electrons. The van der Waals surface area contributed by atoms with Crippen molar-refractivity contribution in [3.63, 3.8) is 0 Å². The standard InChI is InChI=1S/C27H24N8O/c1-34(16-14-22-7-5-6-15-28-22)27(36)21-12-10-20(11-13-21)17-31-33-25-24-18-32-35(26(24)30-19-29-25)23-8-3-2-4-9-23/h2-13,15,17-19H,14,16H2,1H3,(H,29,30,33). The summed E-state index contributed by atoms with van der Waals surface area (Å²) >= 11 is 0. The number of rotatable bonds is 8. The Kier molecular flexibility index (Phi) is 6.70. The van der Waals surface area contributed by atoms with Gasteiger partial charge in [-0.3, -0.25) is 15.2 Å². The number of nitrogens with one attached hydrogen (secondary N) is 1. The summed E-state index contributed by atoms with van der Waals surface area (Å²) in [5.74, 6) is 0.520. The molecule has 0 spiro atoms. The van der Waals surface area contributed by atoms with Crippen molar-refractivity contribution in [3.05, 3.63) is 108 Å². The molecule has 9 heteroatoms. The van der Waals surface area contributed by atoms with Gasteiger partial charge in [-0.15, -0.1) is 0 Å². The van der Waals surface area contributed by atoms with Gasteiger partial charge in [-0.25, -0.2) is 14.6 Å². The largest absolute Gasteiger partial charge is 0.341 e. The van der Waals surface area contributed by atoms with Crippen LogP contribution in [0.4, 0.5) is 5.82 Å². The van der Waals surface area contributed by atoms with E-state index in [0.29, 0.717) is 30.0 Å². The van der Waals surface area contributed by atoms with Gasteiger partial charge in [-0.1, -0.05) is 36.4 Å². The number of likely N-dealkylation sites (N-methyl/N-ethyl adjacent to an activating group) is 1. The molecule has 1 N–H and O–H groups in total. The predicted molar refractivity (Wildman–Crippen MR) is 139 cm³/mol. The first kappa shape index (κ1) is 22.9. The summed E-state index contributed by atoms with van der Waals surface area (Å²) in [5, 5.41) is 9.52. The molecule has 0 aliphatic carbocycles. The zero-order chi connectivity index (χ0) is 24.7. The average molecular weight is 477 g/mol. The quantitative estimate of drug-likeness (QED) is 0.269. The summed E-state index contributed by atoms with van der Waals surface area (Å²) in [6, 6.07) is 22.9. The number of hydrogen-bond donors (Lipinski definition) is 1. The molecular weight excluding hydrogens is 452 g/mol. The van der Waals surface area contributed by atoms with Crippen molar-refractivity contribution in [1.29, 1.82) is 0 Å². The van der Waals surface area contributed by atoms with Crippen molar-refractivity contribution in [3.8, 4) is 5.69 Å². The van der Waals surface area contributed by atoms with Crippen LogP contribution in [0.2, 0.25) is 0 Å². The molecule has 1 amide bonds. The van der Waals surface area contributed by atoms with E-state index in [2.05, 4.69) is 30.6 Å². The van der Waals surface area contributed by atoms with Crippen LogP contribution in [0.15, 0.2) is 96.6 Å². The van der Waals surface area contributed by atoms with Crippen LogP contribution >= 0.6 is 0 Å². The Bertz CT molecular complexity index is 1480. The smallest absolute Gasteiger partial charge is 0.253 e. The number of hydrogen-bond acceptors (Lipinski definition) is 7. The van der Waals surface area contributed by atoms with E-state index in [1.807, 2.05) is 60.7 Å². The minimum atomic E-state index is -0.0358. The lowest BCUT2D eigenvalue weighted by Gasteiger charge is -2.17. The Hall–Kier alpha value is -4.92. The highest BCUT2D eigenvalue weighted by Gasteiger charge is 2.12. The molecule has 5 rings (SSSR count). The van der Waals surface area contributed by atoms with E-state index in [9.17, 15) is 4.79 Å². The fourth-order valence-electron chi connectivity index (χ4n) is 3.72. The van der Waals surface area contributed by atoms with Gasteiger partial charge >= 0.3 is 0 Å². The van der Waals surface area contributed by atoms with Crippen LogP contribution in [-0.2, 0) is 6.42 Å². The van der Waals surface area contributed by atoms with Crippen molar-refractivity contribution in [1.82, 2.24) is 29.6 Å². The van der Waals surface area contributed by atoms with Gasteiger partial charge in [0.05, 0.1) is 23.5 Å². The number of benzene rings is 2. The second-order valence-electron chi connectivity index (χ2n) is 8.14. The number of anilines is 1. The van der Waals surface area contributed by atoms with Crippen LogP contribution in [0.3, 0.4) is 0 Å². The molecule has 0 atom stereocenters.